The number of hydrogen-bond acceptors (Lipinski definition) is 2. The molecule has 1 aliphatic carbocycles. The Morgan fingerprint density at radius 1 is 1.12 bits per heavy atom. The van der Waals surface area contributed by atoms with Gasteiger partial charge in [0.1, 0.15) is 0 Å². The van der Waals surface area contributed by atoms with Gasteiger partial charge < -0.3 is 5.32 Å². The predicted octanol–water partition coefficient (Wildman–Crippen LogP) is 4.86. The highest BCUT2D eigenvalue weighted by Gasteiger charge is 2.28. The van der Waals surface area contributed by atoms with E-state index in [0.717, 1.165) is 5.69 Å². The van der Waals surface area contributed by atoms with Crippen LogP contribution >= 0.6 is 0 Å². The second-order valence-corrected chi connectivity index (χ2v) is 7.14. The lowest BCUT2D eigenvalue weighted by atomic mass is 9.98. The molecule has 0 saturated heterocycles. The lowest BCUT2D eigenvalue weighted by Crippen LogP contribution is -2.29. The quantitative estimate of drug-likeness (QED) is 0.721. The maximum Gasteiger partial charge on any atom is 0.0656 e. The van der Waals surface area contributed by atoms with Crippen LogP contribution in [0.3, 0.4) is 0 Å². The third-order valence-corrected chi connectivity index (χ3v) is 5.35. The zero-order chi connectivity index (χ0) is 16.5. The molecular formula is C21H25N3. The van der Waals surface area contributed by atoms with Crippen molar-refractivity contribution in [1.82, 2.24) is 15.5 Å². The molecule has 2 aromatic carbocycles. The molecule has 1 heterocycles. The number of benzene rings is 2. The van der Waals surface area contributed by atoms with Gasteiger partial charge in [-0.05, 0) is 55.5 Å². The molecule has 2 unspecified atom stereocenters. The Hall–Kier alpha value is -2.13. The van der Waals surface area contributed by atoms with Crippen molar-refractivity contribution in [3.05, 3.63) is 65.5 Å². The summed E-state index contributed by atoms with van der Waals surface area (Å²) in [5.41, 5.74) is 3.78. The van der Waals surface area contributed by atoms with Crippen LogP contribution < -0.4 is 5.32 Å². The van der Waals surface area contributed by atoms with Crippen LogP contribution in [0.1, 0.15) is 55.1 Å². The molecule has 4 rings (SSSR count). The van der Waals surface area contributed by atoms with E-state index >= 15 is 0 Å². The van der Waals surface area contributed by atoms with Crippen LogP contribution in [-0.2, 0) is 0 Å². The SMILES string of the molecule is Cc1cc(C2CCC(N[C@H](C)c3cccc4ccccc34)C2)n[nH]1. The highest BCUT2D eigenvalue weighted by molar-refractivity contribution is 5.86. The standard InChI is InChI=1S/C21H25N3/c1-14-12-21(24-23-14)17-10-11-18(13-17)22-15(2)19-9-5-7-16-6-3-4-8-20(16)19/h3-9,12,15,17-18,22H,10-11,13H2,1-2H3,(H,23,24)/t15-,17?,18?/m1/s1. The second-order valence-electron chi connectivity index (χ2n) is 7.14. The molecule has 2 N–H and O–H groups in total. The molecule has 0 bridgehead atoms. The van der Waals surface area contributed by atoms with Gasteiger partial charge in [0.25, 0.3) is 0 Å². The fourth-order valence-electron chi connectivity index (χ4n) is 4.12. The van der Waals surface area contributed by atoms with Crippen LogP contribution in [0.4, 0.5) is 0 Å². The van der Waals surface area contributed by atoms with E-state index in [1.54, 1.807) is 0 Å². The third-order valence-electron chi connectivity index (χ3n) is 5.35. The van der Waals surface area contributed by atoms with Crippen molar-refractivity contribution in [3.8, 4) is 0 Å². The van der Waals surface area contributed by atoms with E-state index in [-0.39, 0.29) is 0 Å². The topological polar surface area (TPSA) is 40.7 Å². The van der Waals surface area contributed by atoms with Gasteiger partial charge in [0.2, 0.25) is 0 Å². The van der Waals surface area contributed by atoms with Gasteiger partial charge >= 0.3 is 0 Å². The maximum absolute atomic E-state index is 4.46. The minimum absolute atomic E-state index is 0.362. The van der Waals surface area contributed by atoms with Crippen molar-refractivity contribution in [2.24, 2.45) is 0 Å². The van der Waals surface area contributed by atoms with Crippen molar-refractivity contribution >= 4 is 10.8 Å². The molecule has 3 nitrogen and oxygen atoms in total. The van der Waals surface area contributed by atoms with Gasteiger partial charge in [-0.1, -0.05) is 42.5 Å². The molecule has 0 spiro atoms. The molecule has 1 aliphatic rings. The summed E-state index contributed by atoms with van der Waals surface area (Å²) in [5, 5.41) is 14.1. The number of aromatic nitrogens is 2. The molecule has 3 heteroatoms. The first kappa shape index (κ1) is 15.4. The summed E-state index contributed by atoms with van der Waals surface area (Å²) in [6.45, 7) is 4.36. The molecule has 0 amide bonds. The monoisotopic (exact) mass is 319 g/mol. The molecule has 124 valence electrons. The van der Waals surface area contributed by atoms with E-state index in [9.17, 15) is 0 Å². The molecule has 0 aliphatic heterocycles. The van der Waals surface area contributed by atoms with E-state index in [1.165, 1.54) is 41.3 Å². The normalized spacial score (nSPS) is 22.1. The van der Waals surface area contributed by atoms with Gasteiger partial charge in [0.05, 0.1) is 5.69 Å². The molecule has 1 saturated carbocycles. The Bertz CT molecular complexity index is 830. The maximum atomic E-state index is 4.46. The molecular weight excluding hydrogens is 294 g/mol. The summed E-state index contributed by atoms with van der Waals surface area (Å²) in [6.07, 6.45) is 3.63. The number of nitrogens with one attached hydrogen (secondary N) is 2. The number of hydrogen-bond donors (Lipinski definition) is 2. The van der Waals surface area contributed by atoms with Gasteiger partial charge in [0, 0.05) is 23.7 Å². The first-order valence-electron chi connectivity index (χ1n) is 8.96. The molecule has 3 aromatic rings. The lowest BCUT2D eigenvalue weighted by molar-refractivity contribution is 0.458. The van der Waals surface area contributed by atoms with E-state index < -0.39 is 0 Å². The van der Waals surface area contributed by atoms with Crippen molar-refractivity contribution in [3.63, 3.8) is 0 Å². The van der Waals surface area contributed by atoms with Crippen molar-refractivity contribution in [1.29, 1.82) is 0 Å². The van der Waals surface area contributed by atoms with Gasteiger partial charge in [-0.15, -0.1) is 0 Å². The smallest absolute Gasteiger partial charge is 0.0656 e. The summed E-state index contributed by atoms with van der Waals surface area (Å²) < 4.78 is 0. The average Bonchev–Trinajstić information content (AvgIpc) is 3.23. The van der Waals surface area contributed by atoms with Gasteiger partial charge in [-0.2, -0.15) is 5.10 Å². The zero-order valence-corrected chi connectivity index (χ0v) is 14.4. The Kier molecular flexibility index (Phi) is 4.11. The van der Waals surface area contributed by atoms with E-state index in [1.807, 2.05) is 0 Å². The van der Waals surface area contributed by atoms with E-state index in [4.69, 9.17) is 0 Å². The Labute approximate surface area is 143 Å². The lowest BCUT2D eigenvalue weighted by Gasteiger charge is -2.21. The average molecular weight is 319 g/mol. The van der Waals surface area contributed by atoms with Crippen molar-refractivity contribution in [2.45, 2.75) is 51.1 Å². The summed E-state index contributed by atoms with van der Waals surface area (Å²) in [4.78, 5) is 0. The summed E-state index contributed by atoms with van der Waals surface area (Å²) in [6, 6.07) is 18.4. The third kappa shape index (κ3) is 2.96. The Morgan fingerprint density at radius 3 is 2.79 bits per heavy atom. The van der Waals surface area contributed by atoms with Crippen LogP contribution in [0.5, 0.6) is 0 Å². The highest BCUT2D eigenvalue weighted by Crippen LogP contribution is 2.35. The largest absolute Gasteiger partial charge is 0.307 e. The summed E-state index contributed by atoms with van der Waals surface area (Å²) in [5.74, 6) is 0.590. The van der Waals surface area contributed by atoms with E-state index in [0.29, 0.717) is 18.0 Å². The summed E-state index contributed by atoms with van der Waals surface area (Å²) >= 11 is 0. The number of nitrogens with zero attached hydrogens (tertiary/aromatic N) is 1. The minimum atomic E-state index is 0.362. The van der Waals surface area contributed by atoms with Gasteiger partial charge in [0.15, 0.2) is 0 Å². The molecule has 0 radical (unpaired) electrons. The minimum Gasteiger partial charge on any atom is -0.307 e. The van der Waals surface area contributed by atoms with Crippen LogP contribution in [0.15, 0.2) is 48.5 Å². The predicted molar refractivity (Wildman–Crippen MR) is 99.2 cm³/mol. The Morgan fingerprint density at radius 2 is 1.96 bits per heavy atom. The van der Waals surface area contributed by atoms with Crippen LogP contribution in [0, 0.1) is 6.92 Å². The number of rotatable bonds is 4. The molecule has 1 aromatic heterocycles. The molecule has 24 heavy (non-hydrogen) atoms. The number of aryl methyl sites for hydroxylation is 1. The highest BCUT2D eigenvalue weighted by atomic mass is 15.1. The number of fused-ring (bicyclic) bond motifs is 1. The first-order chi connectivity index (χ1) is 11.7. The van der Waals surface area contributed by atoms with Crippen molar-refractivity contribution in [2.75, 3.05) is 0 Å². The fourth-order valence-corrected chi connectivity index (χ4v) is 4.12. The van der Waals surface area contributed by atoms with Crippen molar-refractivity contribution < 1.29 is 0 Å². The van der Waals surface area contributed by atoms with E-state index in [2.05, 4.69) is 77.9 Å². The Balaban J connectivity index is 1.47. The summed E-state index contributed by atoms with van der Waals surface area (Å²) in [7, 11) is 0. The second kappa shape index (κ2) is 6.40. The first-order valence-corrected chi connectivity index (χ1v) is 8.96. The number of aromatic amines is 1. The molecule has 1 fully saturated rings. The van der Waals surface area contributed by atoms with Gasteiger partial charge in [-0.3, -0.25) is 5.10 Å². The van der Waals surface area contributed by atoms with Crippen LogP contribution in [0.2, 0.25) is 0 Å². The van der Waals surface area contributed by atoms with Crippen LogP contribution in [0.25, 0.3) is 10.8 Å². The fraction of sp³-hybridized carbons (Fsp3) is 0.381. The van der Waals surface area contributed by atoms with Crippen LogP contribution in [-0.4, -0.2) is 16.2 Å². The van der Waals surface area contributed by atoms with Gasteiger partial charge in [-0.25, -0.2) is 0 Å². The number of H-pyrrole nitrogens is 1. The zero-order valence-electron chi connectivity index (χ0n) is 14.4. The molecule has 3 atom stereocenters.